The number of benzene rings is 2. The summed E-state index contributed by atoms with van der Waals surface area (Å²) < 4.78 is 32.6. The molecule has 3 nitrogen and oxygen atoms in total. The van der Waals surface area contributed by atoms with Crippen LogP contribution in [0.4, 0.5) is 8.78 Å². The van der Waals surface area contributed by atoms with Crippen LogP contribution in [-0.2, 0) is 0 Å². The molecule has 5 heteroatoms. The summed E-state index contributed by atoms with van der Waals surface area (Å²) in [4.78, 5) is 4.06. The standard InChI is InChI=1S/C22H20F2N2O/c23-18-7-4-8-19(24)21(18)22-25-20(26-27-22)14-11-15-9-12-17(13-10-15)16-5-2-1-3-6-16/h4,7-14,16H,1-3,5-6H2. The first kappa shape index (κ1) is 17.6. The third-order valence-corrected chi connectivity index (χ3v) is 5.06. The lowest BCUT2D eigenvalue weighted by Gasteiger charge is -2.21. The molecule has 0 saturated heterocycles. The summed E-state index contributed by atoms with van der Waals surface area (Å²) >= 11 is 0. The van der Waals surface area contributed by atoms with Gasteiger partial charge in [-0.1, -0.05) is 60.8 Å². The summed E-state index contributed by atoms with van der Waals surface area (Å²) in [7, 11) is 0. The molecular weight excluding hydrogens is 346 g/mol. The smallest absolute Gasteiger partial charge is 0.264 e. The Morgan fingerprint density at radius 3 is 2.30 bits per heavy atom. The van der Waals surface area contributed by atoms with Crippen molar-refractivity contribution in [1.82, 2.24) is 10.1 Å². The fourth-order valence-corrected chi connectivity index (χ4v) is 3.59. The van der Waals surface area contributed by atoms with Gasteiger partial charge in [0.1, 0.15) is 17.2 Å². The Bertz CT molecular complexity index is 921. The van der Waals surface area contributed by atoms with Crippen molar-refractivity contribution in [3.8, 4) is 11.5 Å². The third-order valence-electron chi connectivity index (χ3n) is 5.06. The summed E-state index contributed by atoms with van der Waals surface area (Å²) in [5.41, 5.74) is 2.10. The van der Waals surface area contributed by atoms with Crippen LogP contribution < -0.4 is 0 Å². The van der Waals surface area contributed by atoms with Crippen molar-refractivity contribution < 1.29 is 13.3 Å². The predicted octanol–water partition coefficient (Wildman–Crippen LogP) is 6.23. The van der Waals surface area contributed by atoms with E-state index in [0.717, 1.165) is 17.7 Å². The Balaban J connectivity index is 1.48. The first-order valence-corrected chi connectivity index (χ1v) is 9.27. The fraction of sp³-hybridized carbons (Fsp3) is 0.273. The molecule has 27 heavy (non-hydrogen) atoms. The highest BCUT2D eigenvalue weighted by atomic mass is 19.1. The number of nitrogens with zero attached hydrogens (tertiary/aromatic N) is 2. The molecule has 138 valence electrons. The van der Waals surface area contributed by atoms with Crippen molar-refractivity contribution in [3.63, 3.8) is 0 Å². The molecule has 0 amide bonds. The minimum absolute atomic E-state index is 0.169. The van der Waals surface area contributed by atoms with Gasteiger partial charge in [-0.05, 0) is 48.1 Å². The molecule has 1 saturated carbocycles. The molecule has 3 aromatic rings. The quantitative estimate of drug-likeness (QED) is 0.549. The molecule has 0 aliphatic heterocycles. The molecule has 1 aliphatic rings. The first-order chi connectivity index (χ1) is 13.2. The van der Waals surface area contributed by atoms with Crippen molar-refractivity contribution in [2.75, 3.05) is 0 Å². The number of hydrogen-bond donors (Lipinski definition) is 0. The van der Waals surface area contributed by atoms with Crippen LogP contribution in [0.25, 0.3) is 23.6 Å². The Hall–Kier alpha value is -2.82. The SMILES string of the molecule is Fc1cccc(F)c1-c1nc(C=Cc2ccc(C3CCCCC3)cc2)no1. The molecule has 0 atom stereocenters. The highest BCUT2D eigenvalue weighted by Crippen LogP contribution is 2.32. The largest absolute Gasteiger partial charge is 0.333 e. The van der Waals surface area contributed by atoms with Gasteiger partial charge in [0.05, 0.1) is 0 Å². The maximum absolute atomic E-state index is 13.8. The normalized spacial score (nSPS) is 15.5. The van der Waals surface area contributed by atoms with Crippen LogP contribution in [0.3, 0.4) is 0 Å². The van der Waals surface area contributed by atoms with E-state index in [-0.39, 0.29) is 17.3 Å². The first-order valence-electron chi connectivity index (χ1n) is 9.27. The van der Waals surface area contributed by atoms with Gasteiger partial charge >= 0.3 is 0 Å². The average molecular weight is 366 g/mol. The maximum atomic E-state index is 13.8. The monoisotopic (exact) mass is 366 g/mol. The van der Waals surface area contributed by atoms with Crippen molar-refractivity contribution in [2.24, 2.45) is 0 Å². The van der Waals surface area contributed by atoms with Crippen LogP contribution >= 0.6 is 0 Å². The van der Waals surface area contributed by atoms with E-state index in [1.54, 1.807) is 6.08 Å². The van der Waals surface area contributed by atoms with Crippen LogP contribution in [0.5, 0.6) is 0 Å². The van der Waals surface area contributed by atoms with Gasteiger partial charge in [0.25, 0.3) is 5.89 Å². The van der Waals surface area contributed by atoms with Crippen LogP contribution in [0, 0.1) is 11.6 Å². The van der Waals surface area contributed by atoms with Gasteiger partial charge in [-0.2, -0.15) is 4.98 Å². The van der Waals surface area contributed by atoms with E-state index in [4.69, 9.17) is 4.52 Å². The van der Waals surface area contributed by atoms with E-state index in [2.05, 4.69) is 34.4 Å². The number of rotatable bonds is 4. The Kier molecular flexibility index (Phi) is 5.10. The van der Waals surface area contributed by atoms with Crippen molar-refractivity contribution in [3.05, 3.63) is 71.1 Å². The summed E-state index contributed by atoms with van der Waals surface area (Å²) in [6.07, 6.45) is 10.0. The minimum Gasteiger partial charge on any atom is -0.333 e. The van der Waals surface area contributed by atoms with Gasteiger partial charge < -0.3 is 4.52 Å². The van der Waals surface area contributed by atoms with Gasteiger partial charge in [0.2, 0.25) is 0 Å². The molecule has 1 heterocycles. The Morgan fingerprint density at radius 2 is 1.59 bits per heavy atom. The molecule has 0 unspecified atom stereocenters. The molecule has 0 bridgehead atoms. The molecule has 0 radical (unpaired) electrons. The lowest BCUT2D eigenvalue weighted by molar-refractivity contribution is 0.423. The van der Waals surface area contributed by atoms with E-state index in [1.807, 2.05) is 6.08 Å². The fourth-order valence-electron chi connectivity index (χ4n) is 3.59. The molecule has 0 N–H and O–H groups in total. The third kappa shape index (κ3) is 3.97. The molecule has 0 spiro atoms. The van der Waals surface area contributed by atoms with Gasteiger partial charge in [-0.15, -0.1) is 0 Å². The second-order valence-corrected chi connectivity index (χ2v) is 6.89. The molecule has 2 aromatic carbocycles. The van der Waals surface area contributed by atoms with Crippen molar-refractivity contribution in [1.29, 1.82) is 0 Å². The average Bonchev–Trinajstić information content (AvgIpc) is 3.16. The number of aromatic nitrogens is 2. The summed E-state index contributed by atoms with van der Waals surface area (Å²) in [6, 6.07) is 12.1. The molecule has 1 fully saturated rings. The lowest BCUT2D eigenvalue weighted by Crippen LogP contribution is -2.04. The number of halogens is 2. The number of hydrogen-bond acceptors (Lipinski definition) is 3. The molecule has 1 aliphatic carbocycles. The maximum Gasteiger partial charge on any atom is 0.264 e. The second kappa shape index (κ2) is 7.82. The zero-order chi connectivity index (χ0) is 18.6. The molecular formula is C22H20F2N2O. The zero-order valence-corrected chi connectivity index (χ0v) is 14.9. The van der Waals surface area contributed by atoms with E-state index in [9.17, 15) is 8.78 Å². The summed E-state index contributed by atoms with van der Waals surface area (Å²) in [5.74, 6) is -0.686. The minimum atomic E-state index is -0.729. The van der Waals surface area contributed by atoms with E-state index >= 15 is 0 Å². The van der Waals surface area contributed by atoms with Crippen LogP contribution in [0.1, 0.15) is 55.0 Å². The van der Waals surface area contributed by atoms with E-state index in [0.29, 0.717) is 5.92 Å². The van der Waals surface area contributed by atoms with E-state index < -0.39 is 11.6 Å². The van der Waals surface area contributed by atoms with Gasteiger partial charge in [0.15, 0.2) is 5.82 Å². The molecule has 4 rings (SSSR count). The van der Waals surface area contributed by atoms with Gasteiger partial charge in [-0.25, -0.2) is 8.78 Å². The molecule has 1 aromatic heterocycles. The van der Waals surface area contributed by atoms with Crippen LogP contribution in [-0.4, -0.2) is 10.1 Å². The summed E-state index contributed by atoms with van der Waals surface area (Å²) in [5, 5.41) is 3.77. The van der Waals surface area contributed by atoms with Gasteiger partial charge in [-0.3, -0.25) is 0 Å². The van der Waals surface area contributed by atoms with E-state index in [1.165, 1.54) is 43.7 Å². The highest BCUT2D eigenvalue weighted by molar-refractivity contribution is 5.67. The van der Waals surface area contributed by atoms with Gasteiger partial charge in [0, 0.05) is 0 Å². The second-order valence-electron chi connectivity index (χ2n) is 6.89. The topological polar surface area (TPSA) is 38.9 Å². The Morgan fingerprint density at radius 1 is 0.889 bits per heavy atom. The van der Waals surface area contributed by atoms with Crippen LogP contribution in [0.15, 0.2) is 47.0 Å². The van der Waals surface area contributed by atoms with Crippen molar-refractivity contribution >= 4 is 12.2 Å². The Labute approximate surface area is 156 Å². The van der Waals surface area contributed by atoms with Crippen LogP contribution in [0.2, 0.25) is 0 Å². The lowest BCUT2D eigenvalue weighted by atomic mass is 9.84. The highest BCUT2D eigenvalue weighted by Gasteiger charge is 2.17. The zero-order valence-electron chi connectivity index (χ0n) is 14.9. The summed E-state index contributed by atoms with van der Waals surface area (Å²) in [6.45, 7) is 0. The predicted molar refractivity (Wildman–Crippen MR) is 101 cm³/mol. The van der Waals surface area contributed by atoms with Crippen molar-refractivity contribution in [2.45, 2.75) is 38.0 Å².